The average molecular weight is 306 g/mol. The van der Waals surface area contributed by atoms with Gasteiger partial charge in [0.2, 0.25) is 3.79 Å². The van der Waals surface area contributed by atoms with Crippen molar-refractivity contribution in [2.75, 3.05) is 0 Å². The summed E-state index contributed by atoms with van der Waals surface area (Å²) in [5, 5.41) is 0. The Morgan fingerprint density at radius 1 is 1.25 bits per heavy atom. The van der Waals surface area contributed by atoms with Gasteiger partial charge in [-0.25, -0.2) is 0 Å². The minimum absolute atomic E-state index is 0.574. The van der Waals surface area contributed by atoms with Crippen LogP contribution >= 0.6 is 63.4 Å². The Balaban J connectivity index is 3.23. The number of hydrogen-bond acceptors (Lipinski definition) is 1. The molecule has 0 fully saturated rings. The standard InChI is InChI=1S/C7H4BrCl3S/c8-4-1-2-6(12)5(3-4)7(9,10)11/h1-3,12H. The summed E-state index contributed by atoms with van der Waals surface area (Å²) < 4.78 is -0.553. The van der Waals surface area contributed by atoms with Gasteiger partial charge < -0.3 is 0 Å². The Hall–Kier alpha value is 0.920. The lowest BCUT2D eigenvalue weighted by Crippen LogP contribution is -2.01. The van der Waals surface area contributed by atoms with E-state index in [-0.39, 0.29) is 0 Å². The normalized spacial score (nSPS) is 11.8. The highest BCUT2D eigenvalue weighted by atomic mass is 79.9. The molecule has 0 aliphatic rings. The van der Waals surface area contributed by atoms with Gasteiger partial charge in [0.1, 0.15) is 0 Å². The third-order valence-corrected chi connectivity index (χ3v) is 2.76. The maximum Gasteiger partial charge on any atom is 0.217 e. The van der Waals surface area contributed by atoms with Crippen LogP contribution in [0.4, 0.5) is 0 Å². The molecule has 0 saturated carbocycles. The Morgan fingerprint density at radius 2 is 1.83 bits per heavy atom. The summed E-state index contributed by atoms with van der Waals surface area (Å²) in [5.41, 5.74) is 0.574. The third kappa shape index (κ3) is 2.71. The Bertz CT molecular complexity index is 295. The summed E-state index contributed by atoms with van der Waals surface area (Å²) >= 11 is 24.5. The maximum atomic E-state index is 5.70. The van der Waals surface area contributed by atoms with Gasteiger partial charge in [-0.05, 0) is 18.2 Å². The molecule has 0 radical (unpaired) electrons. The van der Waals surface area contributed by atoms with E-state index >= 15 is 0 Å². The van der Waals surface area contributed by atoms with Crippen LogP contribution in [0.1, 0.15) is 5.56 Å². The topological polar surface area (TPSA) is 0 Å². The summed E-state index contributed by atoms with van der Waals surface area (Å²) in [5.74, 6) is 0. The Kier molecular flexibility index (Phi) is 3.64. The number of hydrogen-bond donors (Lipinski definition) is 1. The van der Waals surface area contributed by atoms with Gasteiger partial charge in [0.05, 0.1) is 0 Å². The zero-order valence-electron chi connectivity index (χ0n) is 5.69. The molecular weight excluding hydrogens is 302 g/mol. The lowest BCUT2D eigenvalue weighted by atomic mass is 10.2. The minimum atomic E-state index is -1.42. The molecule has 0 nitrogen and oxygen atoms in total. The molecule has 66 valence electrons. The first-order valence-corrected chi connectivity index (χ1v) is 5.34. The van der Waals surface area contributed by atoms with Crippen LogP contribution in [0.15, 0.2) is 27.6 Å². The zero-order chi connectivity index (χ0) is 9.35. The molecule has 0 aliphatic heterocycles. The van der Waals surface area contributed by atoms with E-state index in [0.29, 0.717) is 10.5 Å². The fourth-order valence-corrected chi connectivity index (χ4v) is 2.07. The van der Waals surface area contributed by atoms with Crippen molar-refractivity contribution in [3.05, 3.63) is 28.2 Å². The summed E-state index contributed by atoms with van der Waals surface area (Å²) in [7, 11) is 0. The quantitative estimate of drug-likeness (QED) is 0.527. The van der Waals surface area contributed by atoms with Gasteiger partial charge in [0.25, 0.3) is 0 Å². The van der Waals surface area contributed by atoms with Crippen LogP contribution in [0.25, 0.3) is 0 Å². The van der Waals surface area contributed by atoms with E-state index in [9.17, 15) is 0 Å². The zero-order valence-corrected chi connectivity index (χ0v) is 10.4. The molecule has 1 aromatic rings. The van der Waals surface area contributed by atoms with Crippen molar-refractivity contribution in [3.63, 3.8) is 0 Å². The second kappa shape index (κ2) is 3.97. The van der Waals surface area contributed by atoms with Crippen LogP contribution in [0.5, 0.6) is 0 Å². The summed E-state index contributed by atoms with van der Waals surface area (Å²) in [6, 6.07) is 5.34. The fourth-order valence-electron chi connectivity index (χ4n) is 0.735. The van der Waals surface area contributed by atoms with E-state index in [1.165, 1.54) is 0 Å². The summed E-state index contributed by atoms with van der Waals surface area (Å²) in [6.45, 7) is 0. The molecule has 0 aliphatic carbocycles. The molecule has 0 bridgehead atoms. The first kappa shape index (κ1) is 11.0. The number of rotatable bonds is 0. The van der Waals surface area contributed by atoms with E-state index in [1.807, 2.05) is 6.07 Å². The van der Waals surface area contributed by atoms with Crippen molar-refractivity contribution in [1.82, 2.24) is 0 Å². The smallest absolute Gasteiger partial charge is 0.143 e. The second-order valence-electron chi connectivity index (χ2n) is 2.16. The Labute approximate surface area is 99.7 Å². The van der Waals surface area contributed by atoms with Crippen molar-refractivity contribution in [1.29, 1.82) is 0 Å². The lowest BCUT2D eigenvalue weighted by molar-refractivity contribution is 1.15. The van der Waals surface area contributed by atoms with Gasteiger partial charge >= 0.3 is 0 Å². The van der Waals surface area contributed by atoms with Crippen LogP contribution in [-0.2, 0) is 3.79 Å². The van der Waals surface area contributed by atoms with E-state index in [4.69, 9.17) is 34.8 Å². The van der Waals surface area contributed by atoms with Crippen LogP contribution in [-0.4, -0.2) is 0 Å². The van der Waals surface area contributed by atoms with E-state index in [0.717, 1.165) is 4.47 Å². The molecule has 1 rings (SSSR count). The monoisotopic (exact) mass is 304 g/mol. The van der Waals surface area contributed by atoms with Crippen molar-refractivity contribution >= 4 is 63.4 Å². The van der Waals surface area contributed by atoms with Crippen LogP contribution in [0.2, 0.25) is 0 Å². The minimum Gasteiger partial charge on any atom is -0.143 e. The molecular formula is C7H4BrCl3S. The first-order chi connectivity index (χ1) is 5.41. The van der Waals surface area contributed by atoms with Crippen molar-refractivity contribution in [3.8, 4) is 0 Å². The molecule has 0 saturated heterocycles. The highest BCUT2D eigenvalue weighted by Crippen LogP contribution is 2.41. The maximum absolute atomic E-state index is 5.70. The van der Waals surface area contributed by atoms with E-state index in [1.54, 1.807) is 12.1 Å². The van der Waals surface area contributed by atoms with Gasteiger partial charge in [0.15, 0.2) is 0 Å². The van der Waals surface area contributed by atoms with E-state index < -0.39 is 3.79 Å². The highest BCUT2D eigenvalue weighted by Gasteiger charge is 2.25. The largest absolute Gasteiger partial charge is 0.217 e. The molecule has 0 heterocycles. The molecule has 0 atom stereocenters. The number of thiol groups is 1. The molecule has 0 aromatic heterocycles. The Morgan fingerprint density at radius 3 is 2.25 bits per heavy atom. The predicted molar refractivity (Wildman–Crippen MR) is 60.6 cm³/mol. The number of alkyl halides is 3. The third-order valence-electron chi connectivity index (χ3n) is 1.26. The highest BCUT2D eigenvalue weighted by molar-refractivity contribution is 9.10. The number of halogens is 4. The van der Waals surface area contributed by atoms with Crippen molar-refractivity contribution in [2.24, 2.45) is 0 Å². The van der Waals surface area contributed by atoms with Crippen molar-refractivity contribution < 1.29 is 0 Å². The predicted octanol–water partition coefficient (Wildman–Crippen LogP) is 4.56. The average Bonchev–Trinajstić information content (AvgIpc) is 1.92. The molecule has 0 spiro atoms. The van der Waals surface area contributed by atoms with E-state index in [2.05, 4.69) is 28.6 Å². The second-order valence-corrected chi connectivity index (χ2v) is 5.84. The molecule has 5 heteroatoms. The molecule has 0 amide bonds. The first-order valence-electron chi connectivity index (χ1n) is 2.97. The summed E-state index contributed by atoms with van der Waals surface area (Å²) in [6.07, 6.45) is 0. The van der Waals surface area contributed by atoms with Gasteiger partial charge in [-0.1, -0.05) is 50.7 Å². The lowest BCUT2D eigenvalue weighted by Gasteiger charge is -2.13. The molecule has 12 heavy (non-hydrogen) atoms. The van der Waals surface area contributed by atoms with Gasteiger partial charge in [-0.15, -0.1) is 12.6 Å². The van der Waals surface area contributed by atoms with Crippen LogP contribution < -0.4 is 0 Å². The van der Waals surface area contributed by atoms with Gasteiger partial charge in [0, 0.05) is 14.9 Å². The summed E-state index contributed by atoms with van der Waals surface area (Å²) in [4.78, 5) is 0.665. The number of benzene rings is 1. The fraction of sp³-hybridized carbons (Fsp3) is 0.143. The molecule has 1 aromatic carbocycles. The van der Waals surface area contributed by atoms with Crippen molar-refractivity contribution in [2.45, 2.75) is 8.69 Å². The SMILES string of the molecule is Sc1ccc(Br)cc1C(Cl)(Cl)Cl. The van der Waals surface area contributed by atoms with Gasteiger partial charge in [-0.2, -0.15) is 0 Å². The van der Waals surface area contributed by atoms with Crippen LogP contribution in [0.3, 0.4) is 0 Å². The van der Waals surface area contributed by atoms with Gasteiger partial charge in [-0.3, -0.25) is 0 Å². The molecule has 0 unspecified atom stereocenters. The molecule has 0 N–H and O–H groups in total. The van der Waals surface area contributed by atoms with Crippen LogP contribution in [0, 0.1) is 0 Å².